The summed E-state index contributed by atoms with van der Waals surface area (Å²) in [6.07, 6.45) is 1.74. The molecular formula is C16H21N5O3S. The number of rotatable bonds is 5. The molecule has 0 unspecified atom stereocenters. The van der Waals surface area contributed by atoms with Crippen LogP contribution in [0, 0.1) is 0 Å². The first kappa shape index (κ1) is 17.4. The van der Waals surface area contributed by atoms with Gasteiger partial charge in [-0.15, -0.1) is 21.5 Å². The maximum absolute atomic E-state index is 12.2. The Morgan fingerprint density at radius 1 is 1.44 bits per heavy atom. The zero-order valence-corrected chi connectivity index (χ0v) is 14.8. The highest BCUT2D eigenvalue weighted by atomic mass is 32.1. The van der Waals surface area contributed by atoms with Crippen LogP contribution in [0.5, 0.6) is 0 Å². The van der Waals surface area contributed by atoms with Crippen molar-refractivity contribution in [2.24, 2.45) is 0 Å². The van der Waals surface area contributed by atoms with Crippen molar-refractivity contribution >= 4 is 23.4 Å². The summed E-state index contributed by atoms with van der Waals surface area (Å²) in [6, 6.07) is 4.05. The van der Waals surface area contributed by atoms with Crippen molar-refractivity contribution in [1.82, 2.24) is 20.1 Å². The van der Waals surface area contributed by atoms with E-state index in [1.54, 1.807) is 23.2 Å². The Bertz CT molecular complexity index is 753. The molecule has 9 heteroatoms. The molecule has 0 aromatic carbocycles. The Balaban J connectivity index is 1.54. The molecule has 1 saturated heterocycles. The van der Waals surface area contributed by atoms with Gasteiger partial charge in [-0.05, 0) is 31.2 Å². The van der Waals surface area contributed by atoms with Crippen molar-refractivity contribution in [3.05, 3.63) is 38.4 Å². The lowest BCUT2D eigenvalue weighted by Gasteiger charge is -2.31. The molecule has 0 saturated carbocycles. The van der Waals surface area contributed by atoms with Gasteiger partial charge in [-0.25, -0.2) is 4.79 Å². The third-order valence-electron chi connectivity index (χ3n) is 4.05. The number of hydrogen-bond donors (Lipinski definition) is 2. The van der Waals surface area contributed by atoms with Crippen LogP contribution >= 0.6 is 11.3 Å². The van der Waals surface area contributed by atoms with Gasteiger partial charge < -0.3 is 15.0 Å². The number of hydrogen-bond acceptors (Lipinski definition) is 7. The molecule has 3 heterocycles. The number of ether oxygens (including phenoxy) is 1. The number of nitrogens with zero attached hydrogens (tertiary/aromatic N) is 3. The standard InChI is InChI=1S/C16H21N5O3S/c1-2-24-16(23)21-7-5-11(6-8-21)17-15-18-14(22)13(19-20-15)10-12-4-3-9-25-12/h3-4,9,11H,2,5-8,10H2,1H3,(H2,17,18,20,22). The average molecular weight is 363 g/mol. The van der Waals surface area contributed by atoms with Crippen LogP contribution in [-0.2, 0) is 11.2 Å². The van der Waals surface area contributed by atoms with Crippen molar-refractivity contribution in [1.29, 1.82) is 0 Å². The molecular weight excluding hydrogens is 342 g/mol. The van der Waals surface area contributed by atoms with E-state index in [1.807, 2.05) is 17.5 Å². The minimum absolute atomic E-state index is 0.138. The quantitative estimate of drug-likeness (QED) is 0.841. The van der Waals surface area contributed by atoms with Crippen LogP contribution in [-0.4, -0.2) is 51.9 Å². The summed E-state index contributed by atoms with van der Waals surface area (Å²) >= 11 is 1.59. The predicted molar refractivity (Wildman–Crippen MR) is 95.0 cm³/mol. The molecule has 25 heavy (non-hydrogen) atoms. The molecule has 1 fully saturated rings. The highest BCUT2D eigenvalue weighted by molar-refractivity contribution is 7.09. The smallest absolute Gasteiger partial charge is 0.409 e. The Hall–Kier alpha value is -2.42. The van der Waals surface area contributed by atoms with Gasteiger partial charge in [0, 0.05) is 30.4 Å². The second kappa shape index (κ2) is 8.11. The van der Waals surface area contributed by atoms with Crippen molar-refractivity contribution < 1.29 is 9.53 Å². The van der Waals surface area contributed by atoms with Crippen LogP contribution in [0.1, 0.15) is 30.3 Å². The lowest BCUT2D eigenvalue weighted by atomic mass is 10.1. The lowest BCUT2D eigenvalue weighted by molar-refractivity contribution is 0.0983. The number of carbonyl (C=O) groups is 1. The Morgan fingerprint density at radius 3 is 2.88 bits per heavy atom. The van der Waals surface area contributed by atoms with Gasteiger partial charge >= 0.3 is 6.09 Å². The zero-order chi connectivity index (χ0) is 17.6. The number of thiophene rings is 1. The first-order chi connectivity index (χ1) is 12.2. The first-order valence-electron chi connectivity index (χ1n) is 8.32. The molecule has 1 aliphatic heterocycles. The maximum atomic E-state index is 12.2. The summed E-state index contributed by atoms with van der Waals surface area (Å²) in [5.41, 5.74) is 0.181. The number of piperidine rings is 1. The molecule has 2 N–H and O–H groups in total. The van der Waals surface area contributed by atoms with Crippen molar-refractivity contribution in [2.75, 3.05) is 25.0 Å². The van der Waals surface area contributed by atoms with E-state index >= 15 is 0 Å². The van der Waals surface area contributed by atoms with E-state index < -0.39 is 0 Å². The number of aromatic amines is 1. The molecule has 0 radical (unpaired) electrons. The Labute approximate surface area is 149 Å². The lowest BCUT2D eigenvalue weighted by Crippen LogP contribution is -2.43. The summed E-state index contributed by atoms with van der Waals surface area (Å²) in [6.45, 7) is 3.41. The highest BCUT2D eigenvalue weighted by Crippen LogP contribution is 2.15. The summed E-state index contributed by atoms with van der Waals surface area (Å²) < 4.78 is 5.00. The fraction of sp³-hybridized carbons (Fsp3) is 0.500. The van der Waals surface area contributed by atoms with Gasteiger partial charge in [0.05, 0.1) is 6.61 Å². The number of likely N-dealkylation sites (tertiary alicyclic amines) is 1. The largest absolute Gasteiger partial charge is 0.450 e. The summed E-state index contributed by atoms with van der Waals surface area (Å²) in [5, 5.41) is 13.3. The van der Waals surface area contributed by atoms with Gasteiger partial charge in [-0.2, -0.15) is 0 Å². The normalized spacial score (nSPS) is 15.2. The molecule has 134 valence electrons. The van der Waals surface area contributed by atoms with Gasteiger partial charge in [0.1, 0.15) is 5.69 Å². The van der Waals surface area contributed by atoms with Crippen LogP contribution in [0.25, 0.3) is 0 Å². The predicted octanol–water partition coefficient (Wildman–Crippen LogP) is 1.85. The van der Waals surface area contributed by atoms with E-state index in [0.29, 0.717) is 37.8 Å². The van der Waals surface area contributed by atoms with Crippen LogP contribution in [0.2, 0.25) is 0 Å². The zero-order valence-electron chi connectivity index (χ0n) is 14.0. The number of anilines is 1. The molecule has 0 bridgehead atoms. The van der Waals surface area contributed by atoms with Crippen LogP contribution in [0.15, 0.2) is 22.3 Å². The molecule has 0 aliphatic carbocycles. The second-order valence-electron chi connectivity index (χ2n) is 5.81. The van der Waals surface area contributed by atoms with Crippen LogP contribution < -0.4 is 10.9 Å². The molecule has 2 aromatic rings. The summed E-state index contributed by atoms with van der Waals surface area (Å²) in [7, 11) is 0. The van der Waals surface area contributed by atoms with Gasteiger partial charge in [0.15, 0.2) is 0 Å². The molecule has 0 atom stereocenters. The number of aromatic nitrogens is 3. The minimum Gasteiger partial charge on any atom is -0.450 e. The van der Waals surface area contributed by atoms with Crippen molar-refractivity contribution in [2.45, 2.75) is 32.2 Å². The van der Waals surface area contributed by atoms with E-state index in [-0.39, 0.29) is 17.7 Å². The molecule has 1 amide bonds. The monoisotopic (exact) mass is 363 g/mol. The Kier molecular flexibility index (Phi) is 5.64. The second-order valence-corrected chi connectivity index (χ2v) is 6.84. The summed E-state index contributed by atoms with van der Waals surface area (Å²) in [4.78, 5) is 29.4. The van der Waals surface area contributed by atoms with Gasteiger partial charge in [0.2, 0.25) is 5.95 Å². The van der Waals surface area contributed by atoms with Crippen molar-refractivity contribution in [3.8, 4) is 0 Å². The minimum atomic E-state index is -0.271. The average Bonchev–Trinajstić information content (AvgIpc) is 3.11. The maximum Gasteiger partial charge on any atom is 0.409 e. The molecule has 1 aliphatic rings. The SMILES string of the molecule is CCOC(=O)N1CCC(Nc2nnc(Cc3cccs3)c(=O)[nH]2)CC1. The number of amides is 1. The first-order valence-corrected chi connectivity index (χ1v) is 9.20. The molecule has 3 rings (SSSR count). The number of H-pyrrole nitrogens is 1. The van der Waals surface area contributed by atoms with Crippen LogP contribution in [0.3, 0.4) is 0 Å². The topological polar surface area (TPSA) is 100 Å². The van der Waals surface area contributed by atoms with E-state index in [9.17, 15) is 9.59 Å². The molecule has 2 aromatic heterocycles. The highest BCUT2D eigenvalue weighted by Gasteiger charge is 2.24. The Morgan fingerprint density at radius 2 is 2.24 bits per heavy atom. The van der Waals surface area contributed by atoms with Gasteiger partial charge in [0.25, 0.3) is 5.56 Å². The third-order valence-corrected chi connectivity index (χ3v) is 4.92. The molecule has 0 spiro atoms. The fourth-order valence-corrected chi connectivity index (χ4v) is 3.44. The van der Waals surface area contributed by atoms with E-state index in [1.165, 1.54) is 0 Å². The third kappa shape index (κ3) is 4.56. The number of carbonyl (C=O) groups excluding carboxylic acids is 1. The van der Waals surface area contributed by atoms with Gasteiger partial charge in [-0.3, -0.25) is 9.78 Å². The van der Waals surface area contributed by atoms with E-state index in [4.69, 9.17) is 4.74 Å². The van der Waals surface area contributed by atoms with E-state index in [2.05, 4.69) is 20.5 Å². The van der Waals surface area contributed by atoms with E-state index in [0.717, 1.165) is 17.7 Å². The van der Waals surface area contributed by atoms with Crippen LogP contribution in [0.4, 0.5) is 10.7 Å². The van der Waals surface area contributed by atoms with Crippen molar-refractivity contribution in [3.63, 3.8) is 0 Å². The fourth-order valence-electron chi connectivity index (χ4n) is 2.73. The number of nitrogens with one attached hydrogen (secondary N) is 2. The summed E-state index contributed by atoms with van der Waals surface area (Å²) in [5.74, 6) is 0.370. The van der Waals surface area contributed by atoms with Gasteiger partial charge in [-0.1, -0.05) is 6.07 Å². The molecule has 8 nitrogen and oxygen atoms in total.